The van der Waals surface area contributed by atoms with Crippen molar-refractivity contribution < 1.29 is 19.1 Å². The maximum Gasteiger partial charge on any atom is 0.333 e. The minimum absolute atomic E-state index is 0.0249. The summed E-state index contributed by atoms with van der Waals surface area (Å²) in [6.07, 6.45) is 3.25. The fraction of sp³-hybridized carbons (Fsp3) is 0.700. The molecular weight excluding hydrogens is 460 g/mol. The van der Waals surface area contributed by atoms with E-state index in [0.29, 0.717) is 13.2 Å². The Balaban J connectivity index is 1.80. The van der Waals surface area contributed by atoms with Gasteiger partial charge < -0.3 is 19.3 Å². The molecule has 0 bridgehead atoms. The molecule has 0 N–H and O–H groups in total. The lowest BCUT2D eigenvalue weighted by atomic mass is 10.2. The van der Waals surface area contributed by atoms with E-state index in [0.717, 1.165) is 21.6 Å². The highest BCUT2D eigenvalue weighted by atomic mass is 32.2. The van der Waals surface area contributed by atoms with E-state index in [1.54, 1.807) is 35.7 Å². The molecule has 3 fully saturated rings. The molecule has 3 rings (SSSR count). The zero-order valence-corrected chi connectivity index (χ0v) is 21.6. The average molecular weight is 491 g/mol. The van der Waals surface area contributed by atoms with Gasteiger partial charge in [-0.25, -0.2) is 9.59 Å². The second-order valence-electron chi connectivity index (χ2n) is 7.85. The van der Waals surface area contributed by atoms with Crippen LogP contribution in [0.25, 0.3) is 0 Å². The number of hydrogen-bond donors (Lipinski definition) is 0. The summed E-state index contributed by atoms with van der Waals surface area (Å²) in [4.78, 5) is 28.5. The molecule has 0 radical (unpaired) electrons. The van der Waals surface area contributed by atoms with Crippen LogP contribution in [0.4, 0.5) is 0 Å². The number of carbonyl (C=O) groups excluding carboxylic acids is 2. The molecule has 0 amide bonds. The van der Waals surface area contributed by atoms with Crippen LogP contribution in [-0.2, 0) is 19.1 Å². The standard InChI is InChI=1S/C20H30N2O4S4/c1-7-25-15(23)9-13-21(5)17-19(3,29-13)11-28-18-20(4,12-27-17)30-14(22(18)6)10-16(24)26-8-2/h9-10,17-18H,7-8,11-12H2,1-6H3/b13-9-,14-10-. The molecule has 0 aliphatic carbocycles. The molecule has 30 heavy (non-hydrogen) atoms. The molecule has 3 heterocycles. The zero-order chi connectivity index (χ0) is 22.1. The maximum atomic E-state index is 12.0. The van der Waals surface area contributed by atoms with Crippen molar-refractivity contribution in [2.24, 2.45) is 0 Å². The number of thioether (sulfide) groups is 4. The van der Waals surface area contributed by atoms with Crippen molar-refractivity contribution in [1.82, 2.24) is 9.80 Å². The smallest absolute Gasteiger partial charge is 0.333 e. The van der Waals surface area contributed by atoms with Crippen LogP contribution in [-0.4, -0.2) is 80.8 Å². The largest absolute Gasteiger partial charge is 0.463 e. The Morgan fingerprint density at radius 2 is 1.27 bits per heavy atom. The molecule has 0 spiro atoms. The van der Waals surface area contributed by atoms with Gasteiger partial charge in [0.15, 0.2) is 0 Å². The van der Waals surface area contributed by atoms with Crippen LogP contribution in [0.2, 0.25) is 0 Å². The third kappa shape index (κ3) is 4.76. The Morgan fingerprint density at radius 1 is 0.900 bits per heavy atom. The minimum Gasteiger partial charge on any atom is -0.463 e. The van der Waals surface area contributed by atoms with Crippen molar-refractivity contribution in [1.29, 1.82) is 0 Å². The maximum absolute atomic E-state index is 12.0. The highest BCUT2D eigenvalue weighted by molar-refractivity contribution is 8.11. The third-order valence-electron chi connectivity index (χ3n) is 5.23. The molecule has 10 heteroatoms. The second-order valence-corrected chi connectivity index (χ2v) is 13.1. The predicted molar refractivity (Wildman–Crippen MR) is 129 cm³/mol. The summed E-state index contributed by atoms with van der Waals surface area (Å²) in [6.45, 7) is 8.97. The number of hydrogen-bond acceptors (Lipinski definition) is 10. The summed E-state index contributed by atoms with van der Waals surface area (Å²) in [5, 5.41) is 2.46. The highest BCUT2D eigenvalue weighted by Gasteiger charge is 2.54. The lowest BCUT2D eigenvalue weighted by molar-refractivity contribution is -0.138. The first-order valence-electron chi connectivity index (χ1n) is 9.97. The van der Waals surface area contributed by atoms with Crippen molar-refractivity contribution in [3.8, 4) is 0 Å². The summed E-state index contributed by atoms with van der Waals surface area (Å²) in [5.41, 5.74) is 0. The molecule has 6 nitrogen and oxygen atoms in total. The van der Waals surface area contributed by atoms with Crippen molar-refractivity contribution >= 4 is 59.0 Å². The van der Waals surface area contributed by atoms with Gasteiger partial charge in [-0.1, -0.05) is 23.5 Å². The van der Waals surface area contributed by atoms with Gasteiger partial charge in [0.25, 0.3) is 0 Å². The average Bonchev–Trinajstić information content (AvgIpc) is 3.01. The van der Waals surface area contributed by atoms with Gasteiger partial charge in [-0.2, -0.15) is 0 Å². The number of carbonyl (C=O) groups is 2. The molecule has 4 atom stereocenters. The second kappa shape index (κ2) is 9.50. The Hall–Kier alpha value is -0.580. The first-order valence-corrected chi connectivity index (χ1v) is 13.7. The summed E-state index contributed by atoms with van der Waals surface area (Å²) in [5.74, 6) is 1.32. The van der Waals surface area contributed by atoms with Crippen molar-refractivity contribution in [3.05, 3.63) is 22.2 Å². The van der Waals surface area contributed by atoms with Crippen LogP contribution in [0.15, 0.2) is 22.2 Å². The van der Waals surface area contributed by atoms with E-state index in [2.05, 4.69) is 37.7 Å². The Labute approximate surface area is 196 Å². The van der Waals surface area contributed by atoms with Crippen LogP contribution in [0, 0.1) is 0 Å². The zero-order valence-electron chi connectivity index (χ0n) is 18.3. The van der Waals surface area contributed by atoms with Gasteiger partial charge in [0.1, 0.15) is 0 Å². The van der Waals surface area contributed by atoms with Crippen LogP contribution in [0.5, 0.6) is 0 Å². The Kier molecular flexibility index (Phi) is 7.62. The quantitative estimate of drug-likeness (QED) is 0.429. The topological polar surface area (TPSA) is 59.1 Å². The Morgan fingerprint density at radius 3 is 1.60 bits per heavy atom. The van der Waals surface area contributed by atoms with Gasteiger partial charge in [-0.05, 0) is 27.7 Å². The van der Waals surface area contributed by atoms with Crippen LogP contribution in [0.3, 0.4) is 0 Å². The van der Waals surface area contributed by atoms with E-state index >= 15 is 0 Å². The number of ether oxygens (including phenoxy) is 2. The van der Waals surface area contributed by atoms with E-state index in [1.165, 1.54) is 0 Å². The van der Waals surface area contributed by atoms with Crippen molar-refractivity contribution in [3.63, 3.8) is 0 Å². The SMILES string of the molecule is CCOC(=O)/C=C1\SC2(C)CSC3N(C)/C(=C/C(=O)OCC)SC3(C)CSC2N1C. The fourth-order valence-corrected chi connectivity index (χ4v) is 10.9. The van der Waals surface area contributed by atoms with Gasteiger partial charge >= 0.3 is 11.9 Å². The van der Waals surface area contributed by atoms with E-state index in [4.69, 9.17) is 9.47 Å². The first-order chi connectivity index (χ1) is 14.1. The molecule has 3 saturated heterocycles. The number of nitrogens with zero attached hydrogens (tertiary/aromatic N) is 2. The minimum atomic E-state index is -0.282. The van der Waals surface area contributed by atoms with E-state index in [-0.39, 0.29) is 32.2 Å². The predicted octanol–water partition coefficient (Wildman–Crippen LogP) is 3.80. The lowest BCUT2D eigenvalue weighted by Crippen LogP contribution is -2.48. The summed E-state index contributed by atoms with van der Waals surface area (Å²) in [7, 11) is 4.13. The lowest BCUT2D eigenvalue weighted by Gasteiger charge is -2.41. The monoisotopic (exact) mass is 490 g/mol. The number of rotatable bonds is 4. The fourth-order valence-electron chi connectivity index (χ4n) is 3.87. The molecule has 3 aliphatic heterocycles. The summed E-state index contributed by atoms with van der Waals surface area (Å²) < 4.78 is 10.2. The molecule has 168 valence electrons. The molecule has 3 aliphatic rings. The molecule has 4 unspecified atom stereocenters. The van der Waals surface area contributed by atoms with Crippen LogP contribution in [0.1, 0.15) is 27.7 Å². The van der Waals surface area contributed by atoms with Gasteiger partial charge in [0, 0.05) is 25.6 Å². The third-order valence-corrected chi connectivity index (χ3v) is 12.6. The van der Waals surface area contributed by atoms with E-state index < -0.39 is 0 Å². The van der Waals surface area contributed by atoms with E-state index in [9.17, 15) is 9.59 Å². The van der Waals surface area contributed by atoms with Crippen molar-refractivity contribution in [2.45, 2.75) is 47.9 Å². The van der Waals surface area contributed by atoms with Gasteiger partial charge in [0.05, 0.1) is 55.7 Å². The number of fused-ring (bicyclic) bond motifs is 2. The van der Waals surface area contributed by atoms with Gasteiger partial charge in [0.2, 0.25) is 0 Å². The normalized spacial score (nSPS) is 36.3. The molecular formula is C20H30N2O4S4. The molecule has 0 aromatic heterocycles. The van der Waals surface area contributed by atoms with Crippen molar-refractivity contribution in [2.75, 3.05) is 38.8 Å². The first kappa shape index (κ1) is 24.1. The number of esters is 2. The highest BCUT2D eigenvalue weighted by Crippen LogP contribution is 2.59. The van der Waals surface area contributed by atoms with Crippen LogP contribution >= 0.6 is 47.0 Å². The van der Waals surface area contributed by atoms with Gasteiger partial charge in [-0.3, -0.25) is 0 Å². The molecule has 0 aromatic carbocycles. The summed E-state index contributed by atoms with van der Waals surface area (Å²) in [6, 6.07) is 0. The van der Waals surface area contributed by atoms with Crippen LogP contribution < -0.4 is 0 Å². The molecule has 0 aromatic rings. The van der Waals surface area contributed by atoms with E-state index in [1.807, 2.05) is 37.4 Å². The molecule has 0 saturated carbocycles. The van der Waals surface area contributed by atoms with Gasteiger partial charge in [-0.15, -0.1) is 23.5 Å². The Bertz CT molecular complexity index is 699. The summed E-state index contributed by atoms with van der Waals surface area (Å²) >= 11 is 7.40.